The van der Waals surface area contributed by atoms with Crippen molar-refractivity contribution in [2.45, 2.75) is 90.8 Å². The zero-order valence-electron chi connectivity index (χ0n) is 41.3. The van der Waals surface area contributed by atoms with Gasteiger partial charge >= 0.3 is 0 Å². The second-order valence-electron chi connectivity index (χ2n) is 18.6. The molecule has 16 heteroatoms. The van der Waals surface area contributed by atoms with Crippen LogP contribution in [0.15, 0.2) is 91.4 Å². The predicted octanol–water partition coefficient (Wildman–Crippen LogP) is 5.81. The molecule has 1 fully saturated rings. The number of nitrogens with two attached hydrogens (primary N) is 3. The van der Waals surface area contributed by atoms with Crippen LogP contribution < -0.4 is 36.1 Å². The van der Waals surface area contributed by atoms with Crippen LogP contribution in [-0.4, -0.2) is 125 Å². The second kappa shape index (κ2) is 24.1. The number of hydrogen-bond acceptors (Lipinski definition) is 12. The maximum absolute atomic E-state index is 6.61. The fraction of sp³-hybridized carbons (Fsp3) is 0.481. The van der Waals surface area contributed by atoms with E-state index in [1.165, 1.54) is 5.56 Å². The topological polar surface area (TPSA) is 180 Å². The van der Waals surface area contributed by atoms with Crippen molar-refractivity contribution in [3.05, 3.63) is 108 Å². The number of benzene rings is 3. The Morgan fingerprint density at radius 1 is 0.750 bits per heavy atom. The number of aromatic amines is 1. The molecule has 7 N–H and O–H groups in total. The Hall–Kier alpha value is -5.59. The molecule has 68 heavy (non-hydrogen) atoms. The van der Waals surface area contributed by atoms with Crippen molar-refractivity contribution in [1.29, 1.82) is 0 Å². The van der Waals surface area contributed by atoms with Gasteiger partial charge in [0.2, 0.25) is 6.20 Å². The van der Waals surface area contributed by atoms with E-state index in [9.17, 15) is 0 Å². The van der Waals surface area contributed by atoms with Crippen LogP contribution in [0.5, 0.6) is 17.2 Å². The minimum absolute atomic E-state index is 0.0114. The lowest BCUT2D eigenvalue weighted by Crippen LogP contribution is -2.51. The minimum Gasteiger partial charge on any atom is -0.491 e. The van der Waals surface area contributed by atoms with Gasteiger partial charge in [0.05, 0.1) is 55.4 Å². The summed E-state index contributed by atoms with van der Waals surface area (Å²) in [6.07, 6.45) is 8.43. The van der Waals surface area contributed by atoms with E-state index >= 15 is 0 Å². The van der Waals surface area contributed by atoms with Gasteiger partial charge in [-0.05, 0) is 115 Å². The largest absolute Gasteiger partial charge is 0.491 e. The van der Waals surface area contributed by atoms with Gasteiger partial charge in [-0.25, -0.2) is 0 Å². The van der Waals surface area contributed by atoms with Gasteiger partial charge < -0.3 is 50.8 Å². The summed E-state index contributed by atoms with van der Waals surface area (Å²) >= 11 is 0. The van der Waals surface area contributed by atoms with E-state index < -0.39 is 0 Å². The molecule has 7 rings (SSSR count). The van der Waals surface area contributed by atoms with Gasteiger partial charge in [-0.3, -0.25) is 9.78 Å². The molecule has 3 aromatic carbocycles. The summed E-state index contributed by atoms with van der Waals surface area (Å²) in [6.45, 7) is 14.0. The fourth-order valence-electron chi connectivity index (χ4n) is 8.97. The third-order valence-corrected chi connectivity index (χ3v) is 12.4. The zero-order chi connectivity index (χ0) is 48.2. The number of nitrogens with zero attached hydrogens (tertiary/aromatic N) is 8. The number of likely N-dealkylation sites (N-methyl/N-ethyl adjacent to an activating group) is 3. The zero-order valence-corrected chi connectivity index (χ0v) is 41.3. The molecular formula is C52H75N12O4+. The van der Waals surface area contributed by atoms with Gasteiger partial charge in [-0.1, -0.05) is 4.68 Å². The number of nitrogens with one attached hydrogen (secondary N) is 1. The maximum Gasteiger partial charge on any atom is 0.289 e. The van der Waals surface area contributed by atoms with E-state index in [0.717, 1.165) is 114 Å². The summed E-state index contributed by atoms with van der Waals surface area (Å²) in [4.78, 5) is 6.68. The van der Waals surface area contributed by atoms with E-state index in [2.05, 4.69) is 130 Å². The lowest BCUT2D eigenvalue weighted by atomic mass is 10.1. The molecule has 366 valence electrons. The van der Waals surface area contributed by atoms with Crippen LogP contribution in [0.4, 0.5) is 0 Å². The predicted molar refractivity (Wildman–Crippen MR) is 268 cm³/mol. The second-order valence-corrected chi connectivity index (χ2v) is 18.6. The summed E-state index contributed by atoms with van der Waals surface area (Å²) in [5.41, 5.74) is 27.5. The molecule has 0 amide bonds. The van der Waals surface area contributed by atoms with Crippen LogP contribution in [0.1, 0.15) is 63.0 Å². The average Bonchev–Trinajstić information content (AvgIpc) is 4.03. The third-order valence-electron chi connectivity index (χ3n) is 12.4. The van der Waals surface area contributed by atoms with Crippen LogP contribution in [0.25, 0.3) is 33.8 Å². The lowest BCUT2D eigenvalue weighted by Gasteiger charge is -2.26. The monoisotopic (exact) mass is 932 g/mol. The molecule has 3 unspecified atom stereocenters. The minimum atomic E-state index is -0.203. The number of rotatable bonds is 25. The summed E-state index contributed by atoms with van der Waals surface area (Å²) in [5, 5.41) is 12.6. The molecule has 6 aromatic rings. The van der Waals surface area contributed by atoms with Crippen LogP contribution in [0, 0.1) is 0 Å². The van der Waals surface area contributed by atoms with Crippen LogP contribution in [-0.2, 0) is 38.0 Å². The Balaban J connectivity index is 1.01. The maximum atomic E-state index is 6.61. The Bertz CT molecular complexity index is 2450. The number of hydrogen-bond donors (Lipinski definition) is 4. The van der Waals surface area contributed by atoms with Gasteiger partial charge in [-0.15, -0.1) is 0 Å². The molecule has 3 atom stereocenters. The first-order valence-corrected chi connectivity index (χ1v) is 24.2. The Morgan fingerprint density at radius 2 is 1.32 bits per heavy atom. The smallest absolute Gasteiger partial charge is 0.289 e. The van der Waals surface area contributed by atoms with Gasteiger partial charge in [0.25, 0.3) is 6.23 Å². The first kappa shape index (κ1) is 50.3. The molecule has 0 aliphatic carbocycles. The van der Waals surface area contributed by atoms with Crippen LogP contribution in [0.2, 0.25) is 0 Å². The van der Waals surface area contributed by atoms with Crippen molar-refractivity contribution in [2.75, 3.05) is 67.0 Å². The van der Waals surface area contributed by atoms with Crippen molar-refractivity contribution in [3.8, 4) is 51.0 Å². The van der Waals surface area contributed by atoms with E-state index in [0.29, 0.717) is 39.2 Å². The normalized spacial score (nSPS) is 15.8. The van der Waals surface area contributed by atoms with Gasteiger partial charge in [0.1, 0.15) is 29.0 Å². The molecule has 0 radical (unpaired) electrons. The highest BCUT2D eigenvalue weighted by Crippen LogP contribution is 2.32. The fourth-order valence-corrected chi connectivity index (χ4v) is 8.97. The highest BCUT2D eigenvalue weighted by molar-refractivity contribution is 5.65. The van der Waals surface area contributed by atoms with Gasteiger partial charge in [0, 0.05) is 112 Å². The van der Waals surface area contributed by atoms with Crippen molar-refractivity contribution in [3.63, 3.8) is 0 Å². The molecule has 16 nitrogen and oxygen atoms in total. The van der Waals surface area contributed by atoms with Crippen molar-refractivity contribution < 1.29 is 23.6 Å². The molecule has 4 heterocycles. The summed E-state index contributed by atoms with van der Waals surface area (Å²) < 4.78 is 31.9. The standard InChI is InChI=1S/C52H75N12O4/c1-37(2)66-45-14-10-40(11-15-45)51-43(33-60(5)27-23-54)35-63(58-51)25-20-38(3)67-46-18-12-41(13-19-46)52-44(34-61(6)28-24-55)36-64(62(52)7)49-30-48(21-29-65-49)68-47-16-8-39(9-17-47)50-42(31-56-57-50)32-59(4)26-22-53/h8-19,31,35-38,48-49H,20-30,32-34,53-55H2,1-7H3,(H,56,57)/q+1. The van der Waals surface area contributed by atoms with Crippen LogP contribution >= 0.6 is 0 Å². The molecule has 0 saturated carbocycles. The van der Waals surface area contributed by atoms with Crippen molar-refractivity contribution in [2.24, 2.45) is 24.2 Å². The average molecular weight is 932 g/mol. The molecule has 1 aliphatic rings. The first-order valence-electron chi connectivity index (χ1n) is 24.2. The molecule has 1 saturated heterocycles. The highest BCUT2D eigenvalue weighted by atomic mass is 16.5. The Kier molecular flexibility index (Phi) is 17.8. The molecule has 0 bridgehead atoms. The van der Waals surface area contributed by atoms with E-state index in [1.54, 1.807) is 0 Å². The lowest BCUT2D eigenvalue weighted by molar-refractivity contribution is -0.831. The first-order chi connectivity index (χ1) is 32.9. The van der Waals surface area contributed by atoms with Crippen LogP contribution in [0.3, 0.4) is 0 Å². The van der Waals surface area contributed by atoms with E-state index in [-0.39, 0.29) is 24.5 Å². The number of aryl methyl sites for hydroxylation is 1. The molecule has 0 spiro atoms. The number of H-pyrrole nitrogens is 1. The Labute approximate surface area is 402 Å². The quantitative estimate of drug-likeness (QED) is 0.0508. The molecule has 3 aromatic heterocycles. The van der Waals surface area contributed by atoms with Gasteiger partial charge in [-0.2, -0.15) is 14.9 Å². The summed E-state index contributed by atoms with van der Waals surface area (Å²) in [7, 11) is 8.38. The van der Waals surface area contributed by atoms with Crippen molar-refractivity contribution in [1.82, 2.24) is 39.4 Å². The Morgan fingerprint density at radius 3 is 1.96 bits per heavy atom. The third kappa shape index (κ3) is 13.3. The van der Waals surface area contributed by atoms with E-state index in [4.69, 9.17) is 41.2 Å². The highest BCUT2D eigenvalue weighted by Gasteiger charge is 2.35. The SMILES string of the molecule is CC(C)Oc1ccc(-c2nn(CCC(C)Oc3ccc(-c4c(CN(C)CCN)c[n+](C5CC(Oc6ccc(-c7[nH]ncc7CN(C)CCN)cc6)CCO5)n4C)cc3)cc2CN(C)CCN)cc1. The molecule has 1 aliphatic heterocycles. The van der Waals surface area contributed by atoms with Crippen molar-refractivity contribution >= 4 is 0 Å². The van der Waals surface area contributed by atoms with Gasteiger partial charge in [0.15, 0.2) is 0 Å². The number of aromatic nitrogens is 6. The summed E-state index contributed by atoms with van der Waals surface area (Å²) in [6, 6.07) is 24.9. The summed E-state index contributed by atoms with van der Waals surface area (Å²) in [5.74, 6) is 2.51. The molecular weight excluding hydrogens is 857 g/mol. The number of ether oxygens (including phenoxy) is 4. The van der Waals surface area contributed by atoms with E-state index in [1.807, 2.05) is 49.0 Å².